The third kappa shape index (κ3) is 2.76. The van der Waals surface area contributed by atoms with Crippen molar-refractivity contribution in [1.82, 2.24) is 0 Å². The minimum absolute atomic E-state index is 0.0318. The van der Waals surface area contributed by atoms with Gasteiger partial charge in [-0.05, 0) is 73.8 Å². The van der Waals surface area contributed by atoms with Crippen LogP contribution in [0.1, 0.15) is 30.5 Å². The van der Waals surface area contributed by atoms with Crippen LogP contribution >= 0.6 is 0 Å². The topological polar surface area (TPSA) is 0 Å². The van der Waals surface area contributed by atoms with Crippen LogP contribution in [-0.4, -0.2) is 0 Å². The monoisotopic (exact) mass is 410 g/mol. The Hall–Kier alpha value is -3.64. The van der Waals surface area contributed by atoms with Gasteiger partial charge in [0.05, 0.1) is 0 Å². The average molecular weight is 411 g/mol. The molecule has 0 unspecified atom stereocenters. The van der Waals surface area contributed by atoms with Crippen molar-refractivity contribution in [2.75, 3.05) is 0 Å². The van der Waals surface area contributed by atoms with Crippen LogP contribution in [0.3, 0.4) is 0 Å². The van der Waals surface area contributed by atoms with Gasteiger partial charge in [-0.3, -0.25) is 0 Å². The molecule has 0 aromatic heterocycles. The molecule has 0 aliphatic heterocycles. The lowest BCUT2D eigenvalue weighted by Crippen LogP contribution is -2.14. The van der Waals surface area contributed by atoms with E-state index in [4.69, 9.17) is 0 Å². The molecule has 5 aromatic rings. The van der Waals surface area contributed by atoms with E-state index in [1.807, 2.05) is 0 Å². The fourth-order valence-corrected chi connectivity index (χ4v) is 5.47. The molecule has 5 aromatic carbocycles. The van der Waals surface area contributed by atoms with E-state index in [0.717, 1.165) is 0 Å². The largest absolute Gasteiger partial charge is 0.0619 e. The SMILES string of the molecule is Cc1c(-c2ccc(-c3ccc4c(c3)C(C)(C)c3ccccc3-4)cc2)ccc2ccccc12. The molecule has 1 aliphatic rings. The fourth-order valence-electron chi connectivity index (χ4n) is 5.47. The lowest BCUT2D eigenvalue weighted by Gasteiger charge is -2.22. The van der Waals surface area contributed by atoms with Gasteiger partial charge in [-0.15, -0.1) is 0 Å². The van der Waals surface area contributed by atoms with Crippen LogP contribution in [0.4, 0.5) is 0 Å². The molecule has 0 heteroatoms. The minimum atomic E-state index is 0.0318. The van der Waals surface area contributed by atoms with Gasteiger partial charge in [0, 0.05) is 5.41 Å². The first-order valence-corrected chi connectivity index (χ1v) is 11.4. The highest BCUT2D eigenvalue weighted by Crippen LogP contribution is 2.49. The van der Waals surface area contributed by atoms with E-state index in [-0.39, 0.29) is 5.41 Å². The van der Waals surface area contributed by atoms with Crippen molar-refractivity contribution >= 4 is 10.8 Å². The van der Waals surface area contributed by atoms with E-state index in [1.54, 1.807) is 0 Å². The van der Waals surface area contributed by atoms with Crippen molar-refractivity contribution < 1.29 is 0 Å². The minimum Gasteiger partial charge on any atom is -0.0619 e. The second-order valence-electron chi connectivity index (χ2n) is 9.47. The molecule has 0 nitrogen and oxygen atoms in total. The van der Waals surface area contributed by atoms with E-state index >= 15 is 0 Å². The number of rotatable bonds is 2. The lowest BCUT2D eigenvalue weighted by atomic mass is 9.81. The quantitative estimate of drug-likeness (QED) is 0.273. The number of benzene rings is 5. The van der Waals surface area contributed by atoms with Gasteiger partial charge in [-0.2, -0.15) is 0 Å². The number of hydrogen-bond acceptors (Lipinski definition) is 0. The van der Waals surface area contributed by atoms with Crippen molar-refractivity contribution in [3.05, 3.63) is 120 Å². The summed E-state index contributed by atoms with van der Waals surface area (Å²) in [7, 11) is 0. The van der Waals surface area contributed by atoms with Crippen LogP contribution in [0.5, 0.6) is 0 Å². The van der Waals surface area contributed by atoms with E-state index in [0.29, 0.717) is 0 Å². The molecule has 6 rings (SSSR count). The van der Waals surface area contributed by atoms with Crippen molar-refractivity contribution in [2.24, 2.45) is 0 Å². The molecule has 0 heterocycles. The van der Waals surface area contributed by atoms with E-state index < -0.39 is 0 Å². The highest BCUT2D eigenvalue weighted by Gasteiger charge is 2.35. The van der Waals surface area contributed by atoms with Crippen LogP contribution in [-0.2, 0) is 5.41 Å². The van der Waals surface area contributed by atoms with Crippen LogP contribution in [0.25, 0.3) is 44.2 Å². The maximum Gasteiger partial charge on any atom is 0.0159 e. The third-order valence-electron chi connectivity index (χ3n) is 7.31. The number of hydrogen-bond donors (Lipinski definition) is 0. The Morgan fingerprint density at radius 1 is 0.500 bits per heavy atom. The number of fused-ring (bicyclic) bond motifs is 4. The highest BCUT2D eigenvalue weighted by atomic mass is 14.4. The predicted molar refractivity (Wildman–Crippen MR) is 137 cm³/mol. The van der Waals surface area contributed by atoms with E-state index in [9.17, 15) is 0 Å². The lowest BCUT2D eigenvalue weighted by molar-refractivity contribution is 0.660. The summed E-state index contributed by atoms with van der Waals surface area (Å²) in [5.74, 6) is 0. The predicted octanol–water partition coefficient (Wildman–Crippen LogP) is 8.79. The summed E-state index contributed by atoms with van der Waals surface area (Å²) in [6.45, 7) is 6.91. The molecule has 0 N–H and O–H groups in total. The average Bonchev–Trinajstić information content (AvgIpc) is 3.06. The summed E-state index contributed by atoms with van der Waals surface area (Å²) >= 11 is 0. The van der Waals surface area contributed by atoms with Gasteiger partial charge in [-0.25, -0.2) is 0 Å². The maximum absolute atomic E-state index is 2.39. The Bertz CT molecular complexity index is 1480. The van der Waals surface area contributed by atoms with Gasteiger partial charge in [-0.1, -0.05) is 111 Å². The summed E-state index contributed by atoms with van der Waals surface area (Å²) < 4.78 is 0. The van der Waals surface area contributed by atoms with Crippen LogP contribution in [0.2, 0.25) is 0 Å². The Labute approximate surface area is 190 Å². The molecule has 154 valence electrons. The van der Waals surface area contributed by atoms with Gasteiger partial charge in [0.25, 0.3) is 0 Å². The molecule has 0 bridgehead atoms. The second-order valence-corrected chi connectivity index (χ2v) is 9.47. The van der Waals surface area contributed by atoms with Gasteiger partial charge >= 0.3 is 0 Å². The summed E-state index contributed by atoms with van der Waals surface area (Å²) in [6, 6.07) is 38.0. The molecular weight excluding hydrogens is 384 g/mol. The first-order chi connectivity index (χ1) is 15.5. The van der Waals surface area contributed by atoms with Gasteiger partial charge in [0.1, 0.15) is 0 Å². The Kier molecular flexibility index (Phi) is 4.13. The highest BCUT2D eigenvalue weighted by molar-refractivity contribution is 5.92. The van der Waals surface area contributed by atoms with Gasteiger partial charge < -0.3 is 0 Å². The Balaban J connectivity index is 1.40. The number of aryl methyl sites for hydroxylation is 1. The summed E-state index contributed by atoms with van der Waals surface area (Å²) in [5, 5.41) is 2.63. The molecule has 0 spiro atoms. The molecule has 0 amide bonds. The normalized spacial score (nSPS) is 13.7. The van der Waals surface area contributed by atoms with Crippen LogP contribution in [0, 0.1) is 6.92 Å². The summed E-state index contributed by atoms with van der Waals surface area (Å²) in [5.41, 5.74) is 12.1. The first kappa shape index (κ1) is 19.1. The molecule has 0 atom stereocenters. The third-order valence-corrected chi connectivity index (χ3v) is 7.31. The van der Waals surface area contributed by atoms with Crippen LogP contribution in [0.15, 0.2) is 103 Å². The Morgan fingerprint density at radius 2 is 1.12 bits per heavy atom. The first-order valence-electron chi connectivity index (χ1n) is 11.4. The molecular formula is C32H26. The maximum atomic E-state index is 2.39. The molecule has 0 radical (unpaired) electrons. The smallest absolute Gasteiger partial charge is 0.0159 e. The van der Waals surface area contributed by atoms with Crippen molar-refractivity contribution in [3.63, 3.8) is 0 Å². The molecule has 0 fully saturated rings. The summed E-state index contributed by atoms with van der Waals surface area (Å²) in [6.07, 6.45) is 0. The van der Waals surface area contributed by atoms with Crippen molar-refractivity contribution in [1.29, 1.82) is 0 Å². The molecule has 1 aliphatic carbocycles. The fraction of sp³-hybridized carbons (Fsp3) is 0.125. The second kappa shape index (κ2) is 6.93. The standard InChI is InChI=1S/C32H26/c1-21-26-9-5-4-8-23(26)16-18-27(21)24-14-12-22(13-15-24)25-17-19-29-28-10-6-7-11-30(28)32(2,3)31(29)20-25/h4-20H,1-3H3. The zero-order valence-corrected chi connectivity index (χ0v) is 18.8. The van der Waals surface area contributed by atoms with Gasteiger partial charge in [0.15, 0.2) is 0 Å². The van der Waals surface area contributed by atoms with Crippen LogP contribution < -0.4 is 0 Å². The molecule has 0 saturated heterocycles. The molecule has 0 saturated carbocycles. The van der Waals surface area contributed by atoms with Gasteiger partial charge in [0.2, 0.25) is 0 Å². The van der Waals surface area contributed by atoms with E-state index in [1.165, 1.54) is 60.8 Å². The van der Waals surface area contributed by atoms with Crippen molar-refractivity contribution in [2.45, 2.75) is 26.2 Å². The van der Waals surface area contributed by atoms with E-state index in [2.05, 4.69) is 124 Å². The Morgan fingerprint density at radius 3 is 1.97 bits per heavy atom. The zero-order chi connectivity index (χ0) is 21.9. The zero-order valence-electron chi connectivity index (χ0n) is 18.8. The van der Waals surface area contributed by atoms with Crippen molar-refractivity contribution in [3.8, 4) is 33.4 Å². The molecule has 32 heavy (non-hydrogen) atoms. The summed E-state index contributed by atoms with van der Waals surface area (Å²) in [4.78, 5) is 0.